The van der Waals surface area contributed by atoms with Gasteiger partial charge in [0.05, 0.1) is 24.8 Å². The Kier molecular flexibility index (Phi) is 11.1. The van der Waals surface area contributed by atoms with Crippen LogP contribution in [-0.4, -0.2) is 58.5 Å². The lowest BCUT2D eigenvalue weighted by Gasteiger charge is -2.32. The van der Waals surface area contributed by atoms with Crippen LogP contribution in [-0.2, 0) is 26.2 Å². The highest BCUT2D eigenvalue weighted by molar-refractivity contribution is 7.92. The van der Waals surface area contributed by atoms with E-state index >= 15 is 0 Å². The van der Waals surface area contributed by atoms with Crippen molar-refractivity contribution in [3.8, 4) is 11.5 Å². The number of rotatable bonds is 12. The molecule has 0 aliphatic carbocycles. The first-order valence-electron chi connectivity index (χ1n) is 13.2. The lowest BCUT2D eigenvalue weighted by Crippen LogP contribution is -2.51. The molecule has 9 nitrogen and oxygen atoms in total. The van der Waals surface area contributed by atoms with Crippen LogP contribution in [0.5, 0.6) is 11.5 Å². The molecule has 3 aromatic carbocycles. The summed E-state index contributed by atoms with van der Waals surface area (Å²) >= 11 is 12.8. The number of amides is 2. The minimum absolute atomic E-state index is 0.107. The number of anilines is 1. The molecule has 42 heavy (non-hydrogen) atoms. The van der Waals surface area contributed by atoms with Crippen LogP contribution in [0.15, 0.2) is 59.5 Å². The monoisotopic (exact) mass is 635 g/mol. The first kappa shape index (κ1) is 33.0. The van der Waals surface area contributed by atoms with Gasteiger partial charge in [-0.15, -0.1) is 0 Å². The summed E-state index contributed by atoms with van der Waals surface area (Å²) < 4.78 is 40.0. The Morgan fingerprint density at radius 3 is 2.07 bits per heavy atom. The second-order valence-electron chi connectivity index (χ2n) is 9.67. The fraction of sp³-hybridized carbons (Fsp3) is 0.333. The maximum Gasteiger partial charge on any atom is 0.264 e. The molecule has 0 aromatic heterocycles. The number of carbonyl (C=O) groups is 2. The van der Waals surface area contributed by atoms with Crippen molar-refractivity contribution in [1.29, 1.82) is 0 Å². The molecule has 0 unspecified atom stereocenters. The Hall–Kier alpha value is -3.47. The van der Waals surface area contributed by atoms with Crippen LogP contribution in [0.25, 0.3) is 0 Å². The molecule has 0 saturated heterocycles. The van der Waals surface area contributed by atoms with Gasteiger partial charge in [-0.25, -0.2) is 8.42 Å². The van der Waals surface area contributed by atoms with Crippen molar-refractivity contribution in [2.24, 2.45) is 0 Å². The Balaban J connectivity index is 2.14. The Bertz CT molecular complexity index is 1520. The molecule has 0 saturated carbocycles. The summed E-state index contributed by atoms with van der Waals surface area (Å²) in [5, 5.41) is 3.34. The molecule has 1 N–H and O–H groups in total. The number of sulfonamides is 1. The Morgan fingerprint density at radius 2 is 1.52 bits per heavy atom. The number of nitrogens with zero attached hydrogens (tertiary/aromatic N) is 2. The van der Waals surface area contributed by atoms with E-state index in [2.05, 4.69) is 5.32 Å². The zero-order chi connectivity index (χ0) is 31.2. The molecule has 226 valence electrons. The first-order chi connectivity index (χ1) is 19.8. The average molecular weight is 637 g/mol. The number of carbonyl (C=O) groups excluding carboxylic acids is 2. The van der Waals surface area contributed by atoms with Gasteiger partial charge in [0.2, 0.25) is 11.8 Å². The standard InChI is InChI=1S/C30H35Cl2N3O6S/c1-7-33-30(37)21(4)34(17-24-25(31)9-8-10-26(24)32)29(36)18-35(22-14-19(2)13-20(3)15-22)42(38,39)23-11-12-27(40-5)28(16-23)41-6/h8-16,21H,7,17-18H2,1-6H3,(H,33,37)/t21-/m0/s1. The zero-order valence-electron chi connectivity index (χ0n) is 24.4. The molecule has 0 aliphatic rings. The second-order valence-corrected chi connectivity index (χ2v) is 12.3. The quantitative estimate of drug-likeness (QED) is 0.287. The van der Waals surface area contributed by atoms with Gasteiger partial charge in [-0.3, -0.25) is 13.9 Å². The molecular weight excluding hydrogens is 601 g/mol. The molecule has 12 heteroatoms. The molecule has 1 atom stereocenters. The van der Waals surface area contributed by atoms with Crippen molar-refractivity contribution >= 4 is 50.7 Å². The van der Waals surface area contributed by atoms with E-state index in [1.165, 1.54) is 37.3 Å². The fourth-order valence-electron chi connectivity index (χ4n) is 4.49. The molecule has 0 spiro atoms. The summed E-state index contributed by atoms with van der Waals surface area (Å²) in [6, 6.07) is 13.4. The van der Waals surface area contributed by atoms with Crippen LogP contribution in [0.2, 0.25) is 10.0 Å². The summed E-state index contributed by atoms with van der Waals surface area (Å²) in [4.78, 5) is 28.2. The van der Waals surface area contributed by atoms with Crippen molar-refractivity contribution in [3.05, 3.63) is 81.3 Å². The molecule has 3 aromatic rings. The van der Waals surface area contributed by atoms with Crippen LogP contribution in [0.3, 0.4) is 0 Å². The number of benzene rings is 3. The third-order valence-corrected chi connectivity index (χ3v) is 9.10. The molecular formula is C30H35Cl2N3O6S. The van der Waals surface area contributed by atoms with Gasteiger partial charge in [-0.2, -0.15) is 0 Å². The second kappa shape index (κ2) is 14.1. The van der Waals surface area contributed by atoms with Crippen LogP contribution in [0.1, 0.15) is 30.5 Å². The molecule has 2 amide bonds. The highest BCUT2D eigenvalue weighted by Gasteiger charge is 2.33. The van der Waals surface area contributed by atoms with Crippen molar-refractivity contribution in [3.63, 3.8) is 0 Å². The Labute approximate surface area is 257 Å². The van der Waals surface area contributed by atoms with Crippen molar-refractivity contribution in [2.75, 3.05) is 31.6 Å². The van der Waals surface area contributed by atoms with E-state index in [0.717, 1.165) is 15.4 Å². The van der Waals surface area contributed by atoms with Crippen LogP contribution in [0.4, 0.5) is 5.69 Å². The topological polar surface area (TPSA) is 105 Å². The Morgan fingerprint density at radius 1 is 0.929 bits per heavy atom. The number of aryl methyl sites for hydroxylation is 2. The number of ether oxygens (including phenoxy) is 2. The summed E-state index contributed by atoms with van der Waals surface area (Å²) in [6.45, 7) is 6.63. The van der Waals surface area contributed by atoms with Crippen LogP contribution < -0.4 is 19.1 Å². The van der Waals surface area contributed by atoms with Gasteiger partial charge in [0, 0.05) is 34.8 Å². The molecule has 3 rings (SSSR count). The van der Waals surface area contributed by atoms with E-state index in [0.29, 0.717) is 27.9 Å². The maximum atomic E-state index is 14.2. The highest BCUT2D eigenvalue weighted by Crippen LogP contribution is 2.33. The zero-order valence-corrected chi connectivity index (χ0v) is 26.7. The van der Waals surface area contributed by atoms with Crippen molar-refractivity contribution < 1.29 is 27.5 Å². The summed E-state index contributed by atoms with van der Waals surface area (Å²) in [5.41, 5.74) is 2.34. The predicted octanol–water partition coefficient (Wildman–Crippen LogP) is 5.38. The number of methoxy groups -OCH3 is 2. The van der Waals surface area contributed by atoms with E-state index in [1.54, 1.807) is 44.2 Å². The minimum atomic E-state index is -4.32. The van der Waals surface area contributed by atoms with E-state index < -0.39 is 34.4 Å². The fourth-order valence-corrected chi connectivity index (χ4v) is 6.42. The predicted molar refractivity (Wildman–Crippen MR) is 165 cm³/mol. The summed E-state index contributed by atoms with van der Waals surface area (Å²) in [5.74, 6) is -0.475. The lowest BCUT2D eigenvalue weighted by atomic mass is 10.1. The van der Waals surface area contributed by atoms with Gasteiger partial charge < -0.3 is 19.7 Å². The van der Waals surface area contributed by atoms with E-state index in [9.17, 15) is 18.0 Å². The average Bonchev–Trinajstić information content (AvgIpc) is 2.94. The van der Waals surface area contributed by atoms with Gasteiger partial charge >= 0.3 is 0 Å². The van der Waals surface area contributed by atoms with Gasteiger partial charge in [0.15, 0.2) is 11.5 Å². The molecule has 0 radical (unpaired) electrons. The van der Waals surface area contributed by atoms with E-state index in [1.807, 2.05) is 19.9 Å². The van der Waals surface area contributed by atoms with Crippen molar-refractivity contribution in [2.45, 2.75) is 45.2 Å². The third kappa shape index (κ3) is 7.48. The molecule has 0 fully saturated rings. The van der Waals surface area contributed by atoms with Gasteiger partial charge in [-0.05, 0) is 75.2 Å². The largest absolute Gasteiger partial charge is 0.493 e. The van der Waals surface area contributed by atoms with Gasteiger partial charge in [-0.1, -0.05) is 35.3 Å². The minimum Gasteiger partial charge on any atom is -0.493 e. The highest BCUT2D eigenvalue weighted by atomic mass is 35.5. The smallest absolute Gasteiger partial charge is 0.264 e. The normalized spacial score (nSPS) is 11.9. The maximum absolute atomic E-state index is 14.2. The van der Waals surface area contributed by atoms with Crippen molar-refractivity contribution in [1.82, 2.24) is 10.2 Å². The number of likely N-dealkylation sites (N-methyl/N-ethyl adjacent to an activating group) is 1. The van der Waals surface area contributed by atoms with Gasteiger partial charge in [0.1, 0.15) is 12.6 Å². The van der Waals surface area contributed by atoms with E-state index in [4.69, 9.17) is 32.7 Å². The third-order valence-electron chi connectivity index (χ3n) is 6.62. The molecule has 0 bridgehead atoms. The molecule has 0 aliphatic heterocycles. The van der Waals surface area contributed by atoms with Gasteiger partial charge in [0.25, 0.3) is 10.0 Å². The van der Waals surface area contributed by atoms with Crippen LogP contribution in [0, 0.1) is 13.8 Å². The number of hydrogen-bond acceptors (Lipinski definition) is 6. The van der Waals surface area contributed by atoms with Crippen LogP contribution >= 0.6 is 23.2 Å². The molecule has 0 heterocycles. The number of hydrogen-bond donors (Lipinski definition) is 1. The lowest BCUT2D eigenvalue weighted by molar-refractivity contribution is -0.139. The van der Waals surface area contributed by atoms with E-state index in [-0.39, 0.29) is 22.9 Å². The SMILES string of the molecule is CCNC(=O)[C@H](C)N(Cc1c(Cl)cccc1Cl)C(=O)CN(c1cc(C)cc(C)c1)S(=O)(=O)c1ccc(OC)c(OC)c1. The first-order valence-corrected chi connectivity index (χ1v) is 15.4. The summed E-state index contributed by atoms with van der Waals surface area (Å²) in [6.07, 6.45) is 0. The summed E-state index contributed by atoms with van der Waals surface area (Å²) in [7, 11) is -1.47. The number of nitrogens with one attached hydrogen (secondary N) is 1. The number of halogens is 2.